The topological polar surface area (TPSA) is 54.0 Å². The van der Waals surface area contributed by atoms with Gasteiger partial charge in [0, 0.05) is 10.4 Å². The zero-order chi connectivity index (χ0) is 15.5. The van der Waals surface area contributed by atoms with Gasteiger partial charge < -0.3 is 5.32 Å². The molecule has 3 rings (SSSR count). The molecule has 1 aliphatic heterocycles. The van der Waals surface area contributed by atoms with Crippen molar-refractivity contribution in [3.05, 3.63) is 28.7 Å². The Kier molecular flexibility index (Phi) is 4.93. The fraction of sp³-hybridized carbons (Fsp3) is 0.529. The Hall–Kier alpha value is -1.20. The molecule has 0 spiro atoms. The first-order valence-corrected chi connectivity index (χ1v) is 8.90. The van der Waals surface area contributed by atoms with E-state index < -0.39 is 0 Å². The second kappa shape index (κ2) is 6.92. The maximum absolute atomic E-state index is 12.5. The number of halogens is 1. The molecule has 1 heterocycles. The molecule has 118 valence electrons. The molecule has 2 amide bonds. The highest BCUT2D eigenvalue weighted by molar-refractivity contribution is 9.10. The van der Waals surface area contributed by atoms with Gasteiger partial charge in [-0.15, -0.1) is 0 Å². The Morgan fingerprint density at radius 2 is 1.77 bits per heavy atom. The predicted molar refractivity (Wildman–Crippen MR) is 88.4 cm³/mol. The van der Waals surface area contributed by atoms with Gasteiger partial charge in [0.15, 0.2) is 6.04 Å². The lowest BCUT2D eigenvalue weighted by Gasteiger charge is -2.21. The first-order valence-electron chi connectivity index (χ1n) is 8.11. The van der Waals surface area contributed by atoms with E-state index >= 15 is 0 Å². The summed E-state index contributed by atoms with van der Waals surface area (Å²) in [6, 6.07) is 7.09. The van der Waals surface area contributed by atoms with E-state index in [9.17, 15) is 9.59 Å². The zero-order valence-corrected chi connectivity index (χ0v) is 14.2. The molecule has 1 aromatic carbocycles. The average molecular weight is 366 g/mol. The van der Waals surface area contributed by atoms with E-state index in [1.54, 1.807) is 0 Å². The minimum atomic E-state index is -0.238. The monoisotopic (exact) mass is 365 g/mol. The third-order valence-electron chi connectivity index (χ3n) is 4.75. The number of benzene rings is 1. The summed E-state index contributed by atoms with van der Waals surface area (Å²) in [6.07, 6.45) is 6.81. The van der Waals surface area contributed by atoms with Gasteiger partial charge >= 0.3 is 0 Å². The maximum atomic E-state index is 12.5. The molecule has 2 N–H and O–H groups in total. The fourth-order valence-corrected chi connectivity index (χ4v) is 3.74. The zero-order valence-electron chi connectivity index (χ0n) is 12.6. The number of carbonyl (C=O) groups is 2. The Bertz CT molecular complexity index is 552. The van der Waals surface area contributed by atoms with Crippen LogP contribution in [0.5, 0.6) is 0 Å². The molecule has 1 saturated heterocycles. The molecule has 2 fully saturated rings. The van der Waals surface area contributed by atoms with Gasteiger partial charge in [0.25, 0.3) is 5.91 Å². The quantitative estimate of drug-likeness (QED) is 0.831. The molecule has 1 aromatic rings. The Labute approximate surface area is 139 Å². The van der Waals surface area contributed by atoms with Crippen LogP contribution < -0.4 is 10.2 Å². The predicted octanol–water partition coefficient (Wildman–Crippen LogP) is 2.22. The molecule has 0 unspecified atom stereocenters. The van der Waals surface area contributed by atoms with E-state index in [1.807, 2.05) is 24.3 Å². The van der Waals surface area contributed by atoms with E-state index in [-0.39, 0.29) is 17.9 Å². The summed E-state index contributed by atoms with van der Waals surface area (Å²) < 4.78 is 0.941. The summed E-state index contributed by atoms with van der Waals surface area (Å²) >= 11 is 3.37. The summed E-state index contributed by atoms with van der Waals surface area (Å²) in [6.45, 7) is 0.970. The van der Waals surface area contributed by atoms with Crippen LogP contribution in [0.2, 0.25) is 0 Å². The molecule has 1 atom stereocenters. The van der Waals surface area contributed by atoms with Gasteiger partial charge in [-0.25, -0.2) is 4.90 Å². The number of anilines is 1. The molecule has 22 heavy (non-hydrogen) atoms. The Morgan fingerprint density at radius 3 is 2.45 bits per heavy atom. The van der Waals surface area contributed by atoms with Gasteiger partial charge in [-0.2, -0.15) is 0 Å². The highest BCUT2D eigenvalue weighted by Gasteiger charge is 2.42. The lowest BCUT2D eigenvalue weighted by molar-refractivity contribution is -0.680. The normalized spacial score (nSPS) is 23.3. The first-order chi connectivity index (χ1) is 10.6. The van der Waals surface area contributed by atoms with Crippen LogP contribution in [0.4, 0.5) is 5.69 Å². The van der Waals surface area contributed by atoms with Crippen LogP contribution in [-0.2, 0) is 9.59 Å². The van der Waals surface area contributed by atoms with Crippen molar-refractivity contribution < 1.29 is 14.9 Å². The smallest absolute Gasteiger partial charge is 0.292 e. The van der Waals surface area contributed by atoms with Crippen LogP contribution in [-0.4, -0.2) is 24.4 Å². The summed E-state index contributed by atoms with van der Waals surface area (Å²) in [7, 11) is 0. The summed E-state index contributed by atoms with van der Waals surface area (Å²) in [5.41, 5.74) is 0.673. The van der Waals surface area contributed by atoms with Gasteiger partial charge in [0.1, 0.15) is 0 Å². The number of imide groups is 1. The first kappa shape index (κ1) is 15.7. The van der Waals surface area contributed by atoms with Gasteiger partial charge in [0.2, 0.25) is 5.91 Å². The summed E-state index contributed by atoms with van der Waals surface area (Å²) in [5, 5.41) is 2.09. The largest absolute Gasteiger partial charge is 0.335 e. The standard InChI is InChI=1S/C17H21BrN2O2/c18-13-6-8-14(9-7-13)20-16(21)10-15(17(20)22)19-11-12-4-2-1-3-5-12/h6-9,12,15,19H,1-5,10-11H2/p+1/t15-/m0/s1. The Balaban J connectivity index is 1.62. The molecule has 0 bridgehead atoms. The number of quaternary nitrogens is 1. The third-order valence-corrected chi connectivity index (χ3v) is 5.27. The number of amides is 2. The molecular weight excluding hydrogens is 344 g/mol. The molecule has 4 nitrogen and oxygen atoms in total. The molecule has 1 saturated carbocycles. The van der Waals surface area contributed by atoms with Gasteiger partial charge in [0.05, 0.1) is 18.7 Å². The van der Waals surface area contributed by atoms with Crippen molar-refractivity contribution in [2.75, 3.05) is 11.4 Å². The number of nitrogens with zero attached hydrogens (tertiary/aromatic N) is 1. The van der Waals surface area contributed by atoms with Gasteiger partial charge in [-0.1, -0.05) is 35.2 Å². The molecular formula is C17H22BrN2O2+. The highest BCUT2D eigenvalue weighted by Crippen LogP contribution is 2.24. The maximum Gasteiger partial charge on any atom is 0.292 e. The second-order valence-electron chi connectivity index (χ2n) is 6.33. The van der Waals surface area contributed by atoms with Gasteiger partial charge in [-0.3, -0.25) is 9.59 Å². The second-order valence-corrected chi connectivity index (χ2v) is 7.25. The summed E-state index contributed by atoms with van der Waals surface area (Å²) in [5.74, 6) is 0.554. The molecule has 2 aliphatic rings. The van der Waals surface area contributed by atoms with Gasteiger partial charge in [-0.05, 0) is 37.1 Å². The van der Waals surface area contributed by atoms with Crippen LogP contribution in [0.3, 0.4) is 0 Å². The number of nitrogens with two attached hydrogens (primary N) is 1. The minimum absolute atomic E-state index is 0.0665. The summed E-state index contributed by atoms with van der Waals surface area (Å²) in [4.78, 5) is 26.1. The van der Waals surface area contributed by atoms with Crippen molar-refractivity contribution in [3.8, 4) is 0 Å². The average Bonchev–Trinajstić information content (AvgIpc) is 2.82. The molecule has 0 aromatic heterocycles. The molecule has 0 radical (unpaired) electrons. The minimum Gasteiger partial charge on any atom is -0.335 e. The number of hydrogen-bond acceptors (Lipinski definition) is 2. The van der Waals surface area contributed by atoms with E-state index in [2.05, 4.69) is 21.2 Å². The third kappa shape index (κ3) is 3.41. The molecule has 5 heteroatoms. The van der Waals surface area contributed by atoms with Crippen LogP contribution in [0.1, 0.15) is 38.5 Å². The van der Waals surface area contributed by atoms with E-state index in [0.29, 0.717) is 18.0 Å². The number of carbonyl (C=O) groups excluding carboxylic acids is 2. The van der Waals surface area contributed by atoms with Crippen molar-refractivity contribution in [2.24, 2.45) is 5.92 Å². The number of hydrogen-bond donors (Lipinski definition) is 1. The lowest BCUT2D eigenvalue weighted by Crippen LogP contribution is -2.92. The van der Waals surface area contributed by atoms with E-state index in [1.165, 1.54) is 37.0 Å². The lowest BCUT2D eigenvalue weighted by atomic mass is 9.89. The Morgan fingerprint density at radius 1 is 1.09 bits per heavy atom. The SMILES string of the molecule is O=C1C[C@H]([NH2+]CC2CCCCC2)C(=O)N1c1ccc(Br)cc1. The van der Waals surface area contributed by atoms with Crippen molar-refractivity contribution in [3.63, 3.8) is 0 Å². The number of rotatable bonds is 4. The fourth-order valence-electron chi connectivity index (χ4n) is 3.48. The highest BCUT2D eigenvalue weighted by atomic mass is 79.9. The van der Waals surface area contributed by atoms with E-state index in [0.717, 1.165) is 11.0 Å². The van der Waals surface area contributed by atoms with Crippen molar-refractivity contribution in [2.45, 2.75) is 44.6 Å². The van der Waals surface area contributed by atoms with Crippen LogP contribution in [0, 0.1) is 5.92 Å². The molecule has 1 aliphatic carbocycles. The van der Waals surface area contributed by atoms with Crippen LogP contribution >= 0.6 is 15.9 Å². The van der Waals surface area contributed by atoms with Crippen LogP contribution in [0.25, 0.3) is 0 Å². The van der Waals surface area contributed by atoms with Crippen molar-refractivity contribution >= 4 is 33.4 Å². The van der Waals surface area contributed by atoms with Crippen molar-refractivity contribution in [1.82, 2.24) is 0 Å². The van der Waals surface area contributed by atoms with E-state index in [4.69, 9.17) is 0 Å². The van der Waals surface area contributed by atoms with Crippen molar-refractivity contribution in [1.29, 1.82) is 0 Å². The van der Waals surface area contributed by atoms with Crippen LogP contribution in [0.15, 0.2) is 28.7 Å².